The molecule has 1 aromatic rings. The number of nitrogens with two attached hydrogens (primary N) is 2. The zero-order valence-corrected chi connectivity index (χ0v) is 5.89. The third-order valence-corrected chi connectivity index (χ3v) is 1.38. The molecular weight excluding hydrogens is 126 g/mol. The SMILES string of the molecule is CNc1ccc(N)c(N)c1. The fraction of sp³-hybridized carbons (Fsp3) is 0.143. The van der Waals surface area contributed by atoms with Crippen LogP contribution in [-0.2, 0) is 0 Å². The predicted octanol–water partition coefficient (Wildman–Crippen LogP) is 0.893. The average molecular weight is 137 g/mol. The lowest BCUT2D eigenvalue weighted by Crippen LogP contribution is -1.96. The van der Waals surface area contributed by atoms with Gasteiger partial charge in [0.15, 0.2) is 0 Å². The Kier molecular flexibility index (Phi) is 1.67. The van der Waals surface area contributed by atoms with Gasteiger partial charge in [-0.15, -0.1) is 0 Å². The summed E-state index contributed by atoms with van der Waals surface area (Å²) in [6.45, 7) is 0. The molecule has 0 aliphatic carbocycles. The van der Waals surface area contributed by atoms with Crippen LogP contribution in [-0.4, -0.2) is 7.05 Å². The fourth-order valence-corrected chi connectivity index (χ4v) is 0.730. The first-order valence-electron chi connectivity index (χ1n) is 3.07. The number of nitrogens with one attached hydrogen (secondary N) is 1. The maximum Gasteiger partial charge on any atom is 0.0568 e. The molecule has 10 heavy (non-hydrogen) atoms. The van der Waals surface area contributed by atoms with Gasteiger partial charge in [-0.25, -0.2) is 0 Å². The summed E-state index contributed by atoms with van der Waals surface area (Å²) in [6, 6.07) is 5.46. The highest BCUT2D eigenvalue weighted by Crippen LogP contribution is 2.18. The first kappa shape index (κ1) is 6.74. The van der Waals surface area contributed by atoms with Gasteiger partial charge in [-0.3, -0.25) is 0 Å². The van der Waals surface area contributed by atoms with Crippen molar-refractivity contribution in [2.75, 3.05) is 23.8 Å². The van der Waals surface area contributed by atoms with Crippen molar-refractivity contribution in [3.63, 3.8) is 0 Å². The molecule has 5 N–H and O–H groups in total. The van der Waals surface area contributed by atoms with Gasteiger partial charge in [0, 0.05) is 12.7 Å². The molecule has 1 aromatic carbocycles. The van der Waals surface area contributed by atoms with Crippen molar-refractivity contribution in [3.8, 4) is 0 Å². The van der Waals surface area contributed by atoms with Crippen LogP contribution in [0.1, 0.15) is 0 Å². The largest absolute Gasteiger partial charge is 0.397 e. The Labute approximate surface area is 60.0 Å². The zero-order chi connectivity index (χ0) is 7.56. The van der Waals surface area contributed by atoms with Crippen LogP contribution in [0.25, 0.3) is 0 Å². The molecule has 1 rings (SSSR count). The topological polar surface area (TPSA) is 64.1 Å². The van der Waals surface area contributed by atoms with Crippen LogP contribution in [0.4, 0.5) is 17.1 Å². The highest BCUT2D eigenvalue weighted by atomic mass is 14.8. The van der Waals surface area contributed by atoms with E-state index in [-0.39, 0.29) is 0 Å². The van der Waals surface area contributed by atoms with Gasteiger partial charge in [-0.1, -0.05) is 0 Å². The van der Waals surface area contributed by atoms with Crippen molar-refractivity contribution < 1.29 is 0 Å². The number of nitrogen functional groups attached to an aromatic ring is 2. The second-order valence-corrected chi connectivity index (χ2v) is 2.09. The van der Waals surface area contributed by atoms with E-state index in [1.807, 2.05) is 13.1 Å². The molecule has 0 aliphatic heterocycles. The molecule has 0 aliphatic rings. The molecule has 3 heteroatoms. The van der Waals surface area contributed by atoms with E-state index in [1.165, 1.54) is 0 Å². The molecule has 0 bridgehead atoms. The summed E-state index contributed by atoms with van der Waals surface area (Å²) >= 11 is 0. The van der Waals surface area contributed by atoms with Gasteiger partial charge < -0.3 is 16.8 Å². The van der Waals surface area contributed by atoms with E-state index in [1.54, 1.807) is 12.1 Å². The Bertz CT molecular complexity index is 232. The monoisotopic (exact) mass is 137 g/mol. The predicted molar refractivity (Wildman–Crippen MR) is 44.8 cm³/mol. The van der Waals surface area contributed by atoms with Crippen molar-refractivity contribution in [1.82, 2.24) is 0 Å². The Hall–Kier alpha value is -1.38. The van der Waals surface area contributed by atoms with Crippen LogP contribution in [0.15, 0.2) is 18.2 Å². The quantitative estimate of drug-likeness (QED) is 0.504. The Morgan fingerprint density at radius 3 is 2.40 bits per heavy atom. The van der Waals surface area contributed by atoms with Gasteiger partial charge in [-0.2, -0.15) is 0 Å². The van der Waals surface area contributed by atoms with Crippen LogP contribution in [0.5, 0.6) is 0 Å². The van der Waals surface area contributed by atoms with E-state index >= 15 is 0 Å². The Morgan fingerprint density at radius 2 is 1.90 bits per heavy atom. The van der Waals surface area contributed by atoms with E-state index in [0.29, 0.717) is 11.4 Å². The third-order valence-electron chi connectivity index (χ3n) is 1.38. The molecule has 0 spiro atoms. The van der Waals surface area contributed by atoms with Gasteiger partial charge >= 0.3 is 0 Å². The highest BCUT2D eigenvalue weighted by Gasteiger charge is 1.93. The molecule has 0 heterocycles. The number of hydrogen-bond acceptors (Lipinski definition) is 3. The van der Waals surface area contributed by atoms with E-state index in [2.05, 4.69) is 5.32 Å². The van der Waals surface area contributed by atoms with E-state index < -0.39 is 0 Å². The number of rotatable bonds is 1. The Balaban J connectivity index is 3.04. The maximum atomic E-state index is 5.53. The number of hydrogen-bond donors (Lipinski definition) is 3. The fourth-order valence-electron chi connectivity index (χ4n) is 0.730. The molecule has 0 saturated heterocycles. The second kappa shape index (κ2) is 2.47. The summed E-state index contributed by atoms with van der Waals surface area (Å²) in [4.78, 5) is 0. The molecule has 0 radical (unpaired) electrons. The van der Waals surface area contributed by atoms with Crippen LogP contribution in [0.2, 0.25) is 0 Å². The first-order chi connectivity index (χ1) is 4.74. The first-order valence-corrected chi connectivity index (χ1v) is 3.07. The van der Waals surface area contributed by atoms with Crippen LogP contribution in [0, 0.1) is 0 Å². The highest BCUT2D eigenvalue weighted by molar-refractivity contribution is 5.69. The second-order valence-electron chi connectivity index (χ2n) is 2.09. The molecule has 0 saturated carbocycles. The molecule has 0 amide bonds. The molecule has 54 valence electrons. The minimum Gasteiger partial charge on any atom is -0.397 e. The standard InChI is InChI=1S/C7H11N3/c1-10-5-2-3-6(8)7(9)4-5/h2-4,10H,8-9H2,1H3. The summed E-state index contributed by atoms with van der Waals surface area (Å²) < 4.78 is 0. The molecule has 3 nitrogen and oxygen atoms in total. The normalized spacial score (nSPS) is 9.30. The number of anilines is 3. The summed E-state index contributed by atoms with van der Waals surface area (Å²) in [5, 5.41) is 2.96. The molecule has 0 unspecified atom stereocenters. The zero-order valence-electron chi connectivity index (χ0n) is 5.89. The van der Waals surface area contributed by atoms with Crippen molar-refractivity contribution in [1.29, 1.82) is 0 Å². The molecular formula is C7H11N3. The van der Waals surface area contributed by atoms with Gasteiger partial charge in [0.1, 0.15) is 0 Å². The smallest absolute Gasteiger partial charge is 0.0568 e. The van der Waals surface area contributed by atoms with Gasteiger partial charge in [0.25, 0.3) is 0 Å². The summed E-state index contributed by atoms with van der Waals surface area (Å²) in [5.74, 6) is 0. The molecule has 0 atom stereocenters. The summed E-state index contributed by atoms with van der Waals surface area (Å²) in [5.41, 5.74) is 13.2. The van der Waals surface area contributed by atoms with Gasteiger partial charge in [0.2, 0.25) is 0 Å². The summed E-state index contributed by atoms with van der Waals surface area (Å²) in [6.07, 6.45) is 0. The van der Waals surface area contributed by atoms with Crippen molar-refractivity contribution in [3.05, 3.63) is 18.2 Å². The van der Waals surface area contributed by atoms with E-state index in [9.17, 15) is 0 Å². The number of benzene rings is 1. The lowest BCUT2D eigenvalue weighted by Gasteiger charge is -2.02. The van der Waals surface area contributed by atoms with Gasteiger partial charge in [0.05, 0.1) is 11.4 Å². The van der Waals surface area contributed by atoms with Crippen LogP contribution >= 0.6 is 0 Å². The Morgan fingerprint density at radius 1 is 1.20 bits per heavy atom. The van der Waals surface area contributed by atoms with Crippen molar-refractivity contribution in [2.24, 2.45) is 0 Å². The van der Waals surface area contributed by atoms with Crippen molar-refractivity contribution in [2.45, 2.75) is 0 Å². The summed E-state index contributed by atoms with van der Waals surface area (Å²) in [7, 11) is 1.84. The van der Waals surface area contributed by atoms with Crippen LogP contribution in [0.3, 0.4) is 0 Å². The lowest BCUT2D eigenvalue weighted by molar-refractivity contribution is 1.51. The average Bonchev–Trinajstić information content (AvgIpc) is 1.95. The van der Waals surface area contributed by atoms with E-state index in [4.69, 9.17) is 11.5 Å². The third kappa shape index (κ3) is 1.13. The molecule has 0 aromatic heterocycles. The van der Waals surface area contributed by atoms with Crippen molar-refractivity contribution >= 4 is 17.1 Å². The van der Waals surface area contributed by atoms with Gasteiger partial charge in [-0.05, 0) is 18.2 Å². The molecule has 0 fully saturated rings. The van der Waals surface area contributed by atoms with E-state index in [0.717, 1.165) is 5.69 Å². The maximum absolute atomic E-state index is 5.53. The minimum atomic E-state index is 0.617. The van der Waals surface area contributed by atoms with Crippen LogP contribution < -0.4 is 16.8 Å². The minimum absolute atomic E-state index is 0.617. The lowest BCUT2D eigenvalue weighted by atomic mass is 10.2.